The maximum Gasteiger partial charge on any atom is 0.150 e. The Morgan fingerprint density at radius 2 is 2.10 bits per heavy atom. The molecule has 1 aromatic carbocycles. The number of anilines is 1. The first-order chi connectivity index (χ1) is 14.5. The van der Waals surface area contributed by atoms with Gasteiger partial charge < -0.3 is 10.5 Å². The number of nitrogen functional groups attached to an aromatic ring is 1. The molecule has 0 unspecified atom stereocenters. The summed E-state index contributed by atoms with van der Waals surface area (Å²) in [4.78, 5) is 13.3. The first kappa shape index (κ1) is 19.3. The number of ether oxygens (including phenoxy) is 1. The van der Waals surface area contributed by atoms with Gasteiger partial charge in [-0.15, -0.1) is 0 Å². The van der Waals surface area contributed by atoms with Gasteiger partial charge in [-0.1, -0.05) is 17.7 Å². The van der Waals surface area contributed by atoms with Crippen molar-refractivity contribution in [3.05, 3.63) is 69.6 Å². The van der Waals surface area contributed by atoms with E-state index in [-0.39, 0.29) is 5.41 Å². The number of methoxy groups -OCH3 is 1. The highest BCUT2D eigenvalue weighted by atomic mass is 79.9. The van der Waals surface area contributed by atoms with E-state index in [4.69, 9.17) is 27.1 Å². The van der Waals surface area contributed by atoms with E-state index >= 15 is 0 Å². The maximum atomic E-state index is 6.73. The van der Waals surface area contributed by atoms with Crippen LogP contribution in [0.25, 0.3) is 16.6 Å². The first-order valence-electron chi connectivity index (χ1n) is 9.54. The minimum Gasteiger partial charge on any atom is -0.496 e. The van der Waals surface area contributed by atoms with Crippen LogP contribution in [0.3, 0.4) is 0 Å². The van der Waals surface area contributed by atoms with Crippen LogP contribution in [0.15, 0.2) is 47.6 Å². The Labute approximate surface area is 187 Å². The second-order valence-corrected chi connectivity index (χ2v) is 8.68. The van der Waals surface area contributed by atoms with Gasteiger partial charge >= 0.3 is 0 Å². The molecular formula is C22H19BrClN5O. The van der Waals surface area contributed by atoms with E-state index in [0.717, 1.165) is 52.2 Å². The van der Waals surface area contributed by atoms with Crippen molar-refractivity contribution in [1.29, 1.82) is 0 Å². The number of imidazole rings is 1. The van der Waals surface area contributed by atoms with Gasteiger partial charge in [-0.2, -0.15) is 0 Å². The van der Waals surface area contributed by atoms with Gasteiger partial charge in [-0.3, -0.25) is 9.38 Å². The molecule has 0 saturated heterocycles. The van der Waals surface area contributed by atoms with Crippen LogP contribution in [-0.2, 0) is 5.41 Å². The molecule has 4 aromatic rings. The van der Waals surface area contributed by atoms with Crippen molar-refractivity contribution in [1.82, 2.24) is 19.4 Å². The Balaban J connectivity index is 1.80. The summed E-state index contributed by atoms with van der Waals surface area (Å²) in [6, 6.07) is 5.95. The molecule has 8 heteroatoms. The first-order valence-corrected chi connectivity index (χ1v) is 10.7. The Morgan fingerprint density at radius 1 is 1.30 bits per heavy atom. The summed E-state index contributed by atoms with van der Waals surface area (Å²) in [7, 11) is 1.70. The summed E-state index contributed by atoms with van der Waals surface area (Å²) < 4.78 is 8.67. The van der Waals surface area contributed by atoms with E-state index in [1.54, 1.807) is 19.5 Å². The number of nitrogens with two attached hydrogens (primary N) is 1. The zero-order valence-corrected chi connectivity index (χ0v) is 18.8. The highest BCUT2D eigenvalue weighted by Gasteiger charge is 2.52. The molecule has 1 aliphatic carbocycles. The number of rotatable bonds is 4. The molecule has 1 fully saturated rings. The number of pyridine rings is 1. The van der Waals surface area contributed by atoms with Crippen LogP contribution < -0.4 is 10.5 Å². The van der Waals surface area contributed by atoms with E-state index in [1.165, 1.54) is 0 Å². The summed E-state index contributed by atoms with van der Waals surface area (Å²) in [5.41, 5.74) is 10.5. The van der Waals surface area contributed by atoms with E-state index in [1.807, 2.05) is 41.9 Å². The summed E-state index contributed by atoms with van der Waals surface area (Å²) in [6.45, 7) is 2.00. The number of nitrogens with zero attached hydrogens (tertiary/aromatic N) is 4. The standard InChI is InChI=1S/C22H19BrClN5O/c1-12-15(24)10-14(18(30-2)16(12)13-4-3-7-26-11-13)22(5-6-22)21-28-19(23)17-20(25)27-8-9-29(17)21/h3-4,7-11H,5-6H2,1-2H3,(H2,25,27). The van der Waals surface area contributed by atoms with Gasteiger partial charge in [0.2, 0.25) is 0 Å². The summed E-state index contributed by atoms with van der Waals surface area (Å²) in [6.07, 6.45) is 9.04. The van der Waals surface area contributed by atoms with Crippen molar-refractivity contribution in [3.8, 4) is 16.9 Å². The number of aromatic nitrogens is 4. The quantitative estimate of drug-likeness (QED) is 0.431. The van der Waals surface area contributed by atoms with Gasteiger partial charge in [0.15, 0.2) is 5.82 Å². The normalized spacial score (nSPS) is 14.8. The molecule has 0 aliphatic heterocycles. The molecule has 0 spiro atoms. The van der Waals surface area contributed by atoms with E-state index in [0.29, 0.717) is 15.4 Å². The predicted octanol–water partition coefficient (Wildman–Crippen LogP) is 5.19. The molecule has 3 aromatic heterocycles. The molecule has 0 bridgehead atoms. The molecule has 5 rings (SSSR count). The molecule has 3 heterocycles. The molecule has 30 heavy (non-hydrogen) atoms. The zero-order chi connectivity index (χ0) is 21.0. The Kier molecular flexibility index (Phi) is 4.48. The van der Waals surface area contributed by atoms with Crippen molar-refractivity contribution < 1.29 is 4.74 Å². The highest BCUT2D eigenvalue weighted by Crippen LogP contribution is 2.58. The van der Waals surface area contributed by atoms with Crippen LogP contribution in [0.5, 0.6) is 5.75 Å². The maximum absolute atomic E-state index is 6.73. The van der Waals surface area contributed by atoms with Gasteiger partial charge in [-0.05, 0) is 53.4 Å². The second kappa shape index (κ2) is 6.96. The largest absolute Gasteiger partial charge is 0.496 e. The number of benzene rings is 1. The van der Waals surface area contributed by atoms with Crippen molar-refractivity contribution in [3.63, 3.8) is 0 Å². The van der Waals surface area contributed by atoms with Gasteiger partial charge in [0.1, 0.15) is 21.7 Å². The lowest BCUT2D eigenvalue weighted by molar-refractivity contribution is 0.407. The van der Waals surface area contributed by atoms with E-state index < -0.39 is 0 Å². The fraction of sp³-hybridized carbons (Fsp3) is 0.227. The van der Waals surface area contributed by atoms with Crippen LogP contribution in [0.2, 0.25) is 5.02 Å². The topological polar surface area (TPSA) is 78.3 Å². The van der Waals surface area contributed by atoms with Crippen molar-refractivity contribution in [2.45, 2.75) is 25.2 Å². The average molecular weight is 485 g/mol. The Bertz CT molecular complexity index is 1280. The third-order valence-corrected chi connectivity index (χ3v) is 6.81. The molecule has 0 atom stereocenters. The Morgan fingerprint density at radius 3 is 2.77 bits per heavy atom. The van der Waals surface area contributed by atoms with Crippen molar-refractivity contribution in [2.24, 2.45) is 0 Å². The number of halogens is 2. The number of hydrogen-bond donors (Lipinski definition) is 1. The van der Waals surface area contributed by atoms with Gasteiger partial charge in [-0.25, -0.2) is 9.97 Å². The van der Waals surface area contributed by atoms with Crippen LogP contribution in [0.4, 0.5) is 5.82 Å². The summed E-state index contributed by atoms with van der Waals surface area (Å²) in [5, 5.41) is 0.692. The number of fused-ring (bicyclic) bond motifs is 1. The lowest BCUT2D eigenvalue weighted by Gasteiger charge is -2.23. The zero-order valence-electron chi connectivity index (χ0n) is 16.5. The summed E-state index contributed by atoms with van der Waals surface area (Å²) in [5.74, 6) is 2.13. The average Bonchev–Trinajstić information content (AvgIpc) is 3.48. The smallest absolute Gasteiger partial charge is 0.150 e. The monoisotopic (exact) mass is 483 g/mol. The third-order valence-electron chi connectivity index (χ3n) is 5.86. The second-order valence-electron chi connectivity index (χ2n) is 7.52. The van der Waals surface area contributed by atoms with Crippen molar-refractivity contribution >= 4 is 38.9 Å². The molecule has 0 radical (unpaired) electrons. The SMILES string of the molecule is COc1c(C2(c3nc(Br)c4c(N)nccn34)CC2)cc(Cl)c(C)c1-c1cccnc1. The molecule has 6 nitrogen and oxygen atoms in total. The molecule has 1 saturated carbocycles. The predicted molar refractivity (Wildman–Crippen MR) is 121 cm³/mol. The molecule has 2 N–H and O–H groups in total. The van der Waals surface area contributed by atoms with Crippen LogP contribution in [-0.4, -0.2) is 26.5 Å². The van der Waals surface area contributed by atoms with Gasteiger partial charge in [0.05, 0.1) is 12.5 Å². The van der Waals surface area contributed by atoms with Gasteiger partial charge in [0.25, 0.3) is 0 Å². The minimum atomic E-state index is -0.317. The van der Waals surface area contributed by atoms with Gasteiger partial charge in [0, 0.05) is 46.5 Å². The van der Waals surface area contributed by atoms with E-state index in [2.05, 4.69) is 25.9 Å². The minimum absolute atomic E-state index is 0.317. The molecular weight excluding hydrogens is 466 g/mol. The highest BCUT2D eigenvalue weighted by molar-refractivity contribution is 9.10. The van der Waals surface area contributed by atoms with E-state index in [9.17, 15) is 0 Å². The molecule has 0 amide bonds. The lowest BCUT2D eigenvalue weighted by atomic mass is 9.88. The Hall–Kier alpha value is -2.64. The van der Waals surface area contributed by atoms with Crippen LogP contribution >= 0.6 is 27.5 Å². The van der Waals surface area contributed by atoms with Crippen molar-refractivity contribution in [2.75, 3.05) is 12.8 Å². The fourth-order valence-corrected chi connectivity index (χ4v) is 5.01. The molecule has 1 aliphatic rings. The fourth-order valence-electron chi connectivity index (χ4n) is 4.25. The summed E-state index contributed by atoms with van der Waals surface area (Å²) >= 11 is 10.3. The van der Waals surface area contributed by atoms with Crippen LogP contribution in [0.1, 0.15) is 29.8 Å². The third kappa shape index (κ3) is 2.72. The lowest BCUT2D eigenvalue weighted by Crippen LogP contribution is -2.16. The number of hydrogen-bond acceptors (Lipinski definition) is 5. The van der Waals surface area contributed by atoms with Crippen LogP contribution in [0, 0.1) is 6.92 Å². The molecule has 152 valence electrons.